The Balaban J connectivity index is 2.13. The number of benzene rings is 1. The minimum Gasteiger partial charge on any atom is -0.493 e. The molecular weight excluding hydrogens is 314 g/mol. The molecule has 1 aromatic heterocycles. The van der Waals surface area contributed by atoms with Crippen LogP contribution in [0.3, 0.4) is 0 Å². The van der Waals surface area contributed by atoms with Gasteiger partial charge in [-0.25, -0.2) is 4.98 Å². The summed E-state index contributed by atoms with van der Waals surface area (Å²) >= 11 is 0. The zero-order chi connectivity index (χ0) is 17.3. The van der Waals surface area contributed by atoms with E-state index in [0.29, 0.717) is 23.7 Å². The number of imidazole rings is 1. The first-order chi connectivity index (χ1) is 11.6. The largest absolute Gasteiger partial charge is 0.493 e. The van der Waals surface area contributed by atoms with E-state index in [2.05, 4.69) is 15.3 Å². The Bertz CT molecular complexity index is 758. The van der Waals surface area contributed by atoms with Crippen molar-refractivity contribution in [2.45, 2.75) is 18.5 Å². The summed E-state index contributed by atoms with van der Waals surface area (Å²) in [6.45, 7) is 0. The van der Waals surface area contributed by atoms with Gasteiger partial charge >= 0.3 is 5.97 Å². The number of aliphatic carboxylic acids is 1. The van der Waals surface area contributed by atoms with Gasteiger partial charge < -0.3 is 24.3 Å². The van der Waals surface area contributed by atoms with Crippen LogP contribution in [-0.4, -0.2) is 48.4 Å². The van der Waals surface area contributed by atoms with Gasteiger partial charge in [0.25, 0.3) is 0 Å². The van der Waals surface area contributed by atoms with Crippen LogP contribution in [0.25, 0.3) is 0 Å². The number of carboxylic acid groups (broad SMARTS) is 1. The summed E-state index contributed by atoms with van der Waals surface area (Å²) in [7, 11) is 4.60. The van der Waals surface area contributed by atoms with Crippen molar-refractivity contribution < 1.29 is 24.1 Å². The standard InChI is InChI=1S/C16H19N3O5/c1-22-11-5-4-8(14(23-2)15(11)24-3)12-13-9(17-7-18-13)6-10(19-12)16(20)21/h4-5,7,10,12,19H,6H2,1-3H3,(H,17,18)(H,20,21)/t10-,12+/m1/s1. The summed E-state index contributed by atoms with van der Waals surface area (Å²) in [5.41, 5.74) is 2.27. The van der Waals surface area contributed by atoms with Gasteiger partial charge in [-0.3, -0.25) is 10.1 Å². The molecule has 2 heterocycles. The number of aromatic nitrogens is 2. The highest BCUT2D eigenvalue weighted by atomic mass is 16.5. The lowest BCUT2D eigenvalue weighted by Crippen LogP contribution is -2.45. The number of nitrogens with zero attached hydrogens (tertiary/aromatic N) is 1. The van der Waals surface area contributed by atoms with Crippen molar-refractivity contribution in [1.82, 2.24) is 15.3 Å². The van der Waals surface area contributed by atoms with Crippen LogP contribution in [0.15, 0.2) is 18.5 Å². The van der Waals surface area contributed by atoms with Crippen molar-refractivity contribution in [1.29, 1.82) is 0 Å². The fourth-order valence-corrected chi connectivity index (χ4v) is 3.03. The summed E-state index contributed by atoms with van der Waals surface area (Å²) in [5, 5.41) is 12.5. The Hall–Kier alpha value is -2.74. The molecule has 2 aromatic rings. The van der Waals surface area contributed by atoms with Gasteiger partial charge in [-0.1, -0.05) is 0 Å². The summed E-state index contributed by atoms with van der Waals surface area (Å²) in [4.78, 5) is 18.8. The SMILES string of the molecule is COc1ccc([C@@H]2N[C@@H](C(=O)O)Cc3[nH]cnc32)c(OC)c1OC. The van der Waals surface area contributed by atoms with Crippen LogP contribution in [0.5, 0.6) is 17.2 Å². The highest BCUT2D eigenvalue weighted by Crippen LogP contribution is 2.44. The van der Waals surface area contributed by atoms with Gasteiger partial charge in [-0.2, -0.15) is 0 Å². The minimum atomic E-state index is -0.917. The zero-order valence-corrected chi connectivity index (χ0v) is 13.6. The van der Waals surface area contributed by atoms with Crippen LogP contribution in [0.1, 0.15) is 23.0 Å². The second-order valence-electron chi connectivity index (χ2n) is 5.38. The number of hydrogen-bond acceptors (Lipinski definition) is 6. The lowest BCUT2D eigenvalue weighted by atomic mass is 9.93. The predicted molar refractivity (Wildman–Crippen MR) is 84.8 cm³/mol. The molecule has 0 aliphatic carbocycles. The average Bonchev–Trinajstić information content (AvgIpc) is 3.07. The second-order valence-corrected chi connectivity index (χ2v) is 5.38. The normalized spacial score (nSPS) is 19.5. The molecule has 128 valence electrons. The van der Waals surface area contributed by atoms with Crippen LogP contribution in [-0.2, 0) is 11.2 Å². The first-order valence-electron chi connectivity index (χ1n) is 7.40. The topological polar surface area (TPSA) is 106 Å². The van der Waals surface area contributed by atoms with E-state index in [1.165, 1.54) is 14.2 Å². The smallest absolute Gasteiger partial charge is 0.321 e. The van der Waals surface area contributed by atoms with Crippen LogP contribution >= 0.6 is 0 Å². The molecule has 0 radical (unpaired) electrons. The minimum absolute atomic E-state index is 0.344. The summed E-state index contributed by atoms with van der Waals surface area (Å²) in [6.07, 6.45) is 1.91. The molecule has 3 N–H and O–H groups in total. The Morgan fingerprint density at radius 2 is 1.96 bits per heavy atom. The molecule has 0 saturated heterocycles. The summed E-state index contributed by atoms with van der Waals surface area (Å²) in [5.74, 6) is 0.550. The molecule has 24 heavy (non-hydrogen) atoms. The Morgan fingerprint density at radius 1 is 1.21 bits per heavy atom. The van der Waals surface area contributed by atoms with Crippen LogP contribution in [0, 0.1) is 0 Å². The van der Waals surface area contributed by atoms with Gasteiger partial charge in [0, 0.05) is 17.7 Å². The predicted octanol–water partition coefficient (Wildman–Crippen LogP) is 1.12. The molecule has 2 atom stereocenters. The molecule has 0 saturated carbocycles. The number of carbonyl (C=O) groups is 1. The fraction of sp³-hybridized carbons (Fsp3) is 0.375. The molecule has 0 bridgehead atoms. The molecule has 8 heteroatoms. The molecule has 1 aliphatic heterocycles. The fourth-order valence-electron chi connectivity index (χ4n) is 3.03. The number of H-pyrrole nitrogens is 1. The highest BCUT2D eigenvalue weighted by Gasteiger charge is 2.35. The van der Waals surface area contributed by atoms with E-state index >= 15 is 0 Å². The van der Waals surface area contributed by atoms with E-state index in [1.54, 1.807) is 19.5 Å². The molecule has 0 amide bonds. The van der Waals surface area contributed by atoms with Crippen molar-refractivity contribution in [2.75, 3.05) is 21.3 Å². The lowest BCUT2D eigenvalue weighted by molar-refractivity contribution is -0.139. The molecule has 0 unspecified atom stereocenters. The highest BCUT2D eigenvalue weighted by molar-refractivity contribution is 5.74. The maximum absolute atomic E-state index is 11.5. The van der Waals surface area contributed by atoms with Crippen molar-refractivity contribution in [2.24, 2.45) is 0 Å². The first-order valence-corrected chi connectivity index (χ1v) is 7.40. The number of methoxy groups -OCH3 is 3. The van der Waals surface area contributed by atoms with Crippen molar-refractivity contribution >= 4 is 5.97 Å². The Labute approximate surface area is 138 Å². The third-order valence-corrected chi connectivity index (χ3v) is 4.14. The number of carboxylic acids is 1. The van der Waals surface area contributed by atoms with Gasteiger partial charge in [0.2, 0.25) is 5.75 Å². The van der Waals surface area contributed by atoms with E-state index in [-0.39, 0.29) is 0 Å². The van der Waals surface area contributed by atoms with Gasteiger partial charge in [0.15, 0.2) is 11.5 Å². The molecular formula is C16H19N3O5. The maximum atomic E-state index is 11.5. The van der Waals surface area contributed by atoms with Crippen molar-refractivity contribution in [3.05, 3.63) is 35.4 Å². The summed E-state index contributed by atoms with van der Waals surface area (Å²) < 4.78 is 16.2. The van der Waals surface area contributed by atoms with Crippen molar-refractivity contribution in [3.63, 3.8) is 0 Å². The molecule has 0 spiro atoms. The van der Waals surface area contributed by atoms with E-state index in [9.17, 15) is 9.90 Å². The average molecular weight is 333 g/mol. The van der Waals surface area contributed by atoms with E-state index in [1.807, 2.05) is 6.07 Å². The maximum Gasteiger partial charge on any atom is 0.321 e. The number of nitrogens with one attached hydrogen (secondary N) is 2. The number of rotatable bonds is 5. The third-order valence-electron chi connectivity index (χ3n) is 4.14. The number of aromatic amines is 1. The van der Waals surface area contributed by atoms with Crippen LogP contribution in [0.2, 0.25) is 0 Å². The van der Waals surface area contributed by atoms with Gasteiger partial charge in [-0.05, 0) is 12.1 Å². The number of ether oxygens (including phenoxy) is 3. The van der Waals surface area contributed by atoms with E-state index in [4.69, 9.17) is 14.2 Å². The Morgan fingerprint density at radius 3 is 2.58 bits per heavy atom. The Kier molecular flexibility index (Phi) is 4.30. The van der Waals surface area contributed by atoms with Gasteiger partial charge in [0.1, 0.15) is 6.04 Å². The van der Waals surface area contributed by atoms with Gasteiger partial charge in [0.05, 0.1) is 39.4 Å². The van der Waals surface area contributed by atoms with E-state index < -0.39 is 18.1 Å². The molecule has 1 aliphatic rings. The molecule has 3 rings (SSSR count). The lowest BCUT2D eigenvalue weighted by Gasteiger charge is -2.29. The first kappa shape index (κ1) is 16.1. The quantitative estimate of drug-likeness (QED) is 0.753. The molecule has 0 fully saturated rings. The summed E-state index contributed by atoms with van der Waals surface area (Å²) in [6, 6.07) is 2.42. The second kappa shape index (κ2) is 6.40. The van der Waals surface area contributed by atoms with Crippen LogP contribution in [0.4, 0.5) is 0 Å². The monoisotopic (exact) mass is 333 g/mol. The van der Waals surface area contributed by atoms with Crippen LogP contribution < -0.4 is 19.5 Å². The molecule has 1 aromatic carbocycles. The molecule has 8 nitrogen and oxygen atoms in total. The van der Waals surface area contributed by atoms with E-state index in [0.717, 1.165) is 17.0 Å². The number of hydrogen-bond donors (Lipinski definition) is 3. The zero-order valence-electron chi connectivity index (χ0n) is 13.6. The number of fused-ring (bicyclic) bond motifs is 1. The third kappa shape index (κ3) is 2.54. The van der Waals surface area contributed by atoms with Gasteiger partial charge in [-0.15, -0.1) is 0 Å². The van der Waals surface area contributed by atoms with Crippen molar-refractivity contribution in [3.8, 4) is 17.2 Å².